The summed E-state index contributed by atoms with van der Waals surface area (Å²) >= 11 is 0. The van der Waals surface area contributed by atoms with Gasteiger partial charge in [0.05, 0.1) is 5.71 Å². The van der Waals surface area contributed by atoms with Crippen molar-refractivity contribution in [2.24, 2.45) is 5.10 Å². The van der Waals surface area contributed by atoms with Gasteiger partial charge in [-0.3, -0.25) is 4.79 Å². The molecule has 2 aromatic rings. The molecule has 0 unspecified atom stereocenters. The van der Waals surface area contributed by atoms with E-state index in [2.05, 4.69) is 24.4 Å². The predicted octanol–water partition coefficient (Wildman–Crippen LogP) is 4.05. The highest BCUT2D eigenvalue weighted by atomic mass is 16.5. The third kappa shape index (κ3) is 5.09. The van der Waals surface area contributed by atoms with Crippen LogP contribution in [0.4, 0.5) is 0 Å². The highest BCUT2D eigenvalue weighted by Gasteiger charge is 2.11. The Morgan fingerprint density at radius 3 is 2.50 bits per heavy atom. The van der Waals surface area contributed by atoms with Crippen LogP contribution in [0.15, 0.2) is 41.5 Å². The Hall–Kier alpha value is -2.82. The summed E-state index contributed by atoms with van der Waals surface area (Å²) < 4.78 is 5.69. The third-order valence-corrected chi connectivity index (χ3v) is 4.04. The first kappa shape index (κ1) is 19.5. The molecule has 26 heavy (non-hydrogen) atoms. The highest BCUT2D eigenvalue weighted by Crippen LogP contribution is 2.27. The number of benzene rings is 2. The van der Waals surface area contributed by atoms with Gasteiger partial charge in [0.25, 0.3) is 5.91 Å². The van der Waals surface area contributed by atoms with E-state index < -0.39 is 0 Å². The van der Waals surface area contributed by atoms with E-state index >= 15 is 0 Å². The van der Waals surface area contributed by atoms with Crippen LogP contribution in [0.3, 0.4) is 0 Å². The Labute approximate surface area is 154 Å². The van der Waals surface area contributed by atoms with Crippen molar-refractivity contribution in [3.8, 4) is 11.5 Å². The zero-order chi connectivity index (χ0) is 19.3. The molecule has 0 fully saturated rings. The molecule has 0 spiro atoms. The van der Waals surface area contributed by atoms with Gasteiger partial charge >= 0.3 is 0 Å². The number of ether oxygens (including phenoxy) is 1. The largest absolute Gasteiger partial charge is 0.507 e. The summed E-state index contributed by atoms with van der Waals surface area (Å²) in [5.74, 6) is 0.793. The molecule has 2 N–H and O–H groups in total. The Kier molecular flexibility index (Phi) is 6.39. The summed E-state index contributed by atoms with van der Waals surface area (Å²) in [4.78, 5) is 12.1. The lowest BCUT2D eigenvalue weighted by Crippen LogP contribution is -2.26. The number of hydrazone groups is 1. The number of phenols is 1. The molecule has 0 aliphatic heterocycles. The molecule has 2 aromatic carbocycles. The summed E-state index contributed by atoms with van der Waals surface area (Å²) in [7, 11) is 0. The number of aromatic hydroxyl groups is 1. The van der Waals surface area contributed by atoms with Gasteiger partial charge in [-0.05, 0) is 56.0 Å². The molecule has 0 aromatic heterocycles. The van der Waals surface area contributed by atoms with Crippen molar-refractivity contribution in [1.82, 2.24) is 5.43 Å². The van der Waals surface area contributed by atoms with E-state index in [1.807, 2.05) is 44.2 Å². The first-order valence-electron chi connectivity index (χ1n) is 8.64. The van der Waals surface area contributed by atoms with Crippen molar-refractivity contribution in [2.45, 2.75) is 40.5 Å². The first-order valence-corrected chi connectivity index (χ1v) is 8.64. The van der Waals surface area contributed by atoms with Gasteiger partial charge in [0.15, 0.2) is 6.61 Å². The summed E-state index contributed by atoms with van der Waals surface area (Å²) in [5.41, 5.74) is 6.73. The Morgan fingerprint density at radius 2 is 1.81 bits per heavy atom. The summed E-state index contributed by atoms with van der Waals surface area (Å²) in [6.45, 7) is 9.68. The van der Waals surface area contributed by atoms with Crippen LogP contribution < -0.4 is 10.2 Å². The Bertz CT molecular complexity index is 826. The van der Waals surface area contributed by atoms with E-state index in [0.717, 1.165) is 16.7 Å². The van der Waals surface area contributed by atoms with Crippen LogP contribution in [0.25, 0.3) is 0 Å². The van der Waals surface area contributed by atoms with Crippen molar-refractivity contribution in [2.75, 3.05) is 6.61 Å². The molecule has 138 valence electrons. The summed E-state index contributed by atoms with van der Waals surface area (Å²) in [6.07, 6.45) is 0. The van der Waals surface area contributed by atoms with Crippen molar-refractivity contribution in [3.63, 3.8) is 0 Å². The fourth-order valence-corrected chi connectivity index (χ4v) is 2.57. The predicted molar refractivity (Wildman–Crippen MR) is 104 cm³/mol. The Balaban J connectivity index is 2.01. The highest BCUT2D eigenvalue weighted by molar-refractivity contribution is 6.01. The number of hydrogen-bond donors (Lipinski definition) is 2. The minimum Gasteiger partial charge on any atom is -0.507 e. The fourth-order valence-electron chi connectivity index (χ4n) is 2.57. The molecule has 2 rings (SSSR count). The van der Waals surface area contributed by atoms with Crippen LogP contribution in [-0.4, -0.2) is 23.3 Å². The monoisotopic (exact) mass is 354 g/mol. The molecular formula is C21H26N2O3. The smallest absolute Gasteiger partial charge is 0.277 e. The van der Waals surface area contributed by atoms with Gasteiger partial charge in [0.2, 0.25) is 0 Å². The van der Waals surface area contributed by atoms with E-state index in [4.69, 9.17) is 4.74 Å². The number of aryl methyl sites for hydroxylation is 2. The zero-order valence-corrected chi connectivity index (χ0v) is 16.0. The average molecular weight is 354 g/mol. The number of amides is 1. The summed E-state index contributed by atoms with van der Waals surface area (Å²) in [5, 5.41) is 14.0. The van der Waals surface area contributed by atoms with E-state index in [1.165, 1.54) is 0 Å². The van der Waals surface area contributed by atoms with Crippen LogP contribution in [0.5, 0.6) is 11.5 Å². The van der Waals surface area contributed by atoms with Gasteiger partial charge < -0.3 is 9.84 Å². The van der Waals surface area contributed by atoms with Crippen LogP contribution in [0.2, 0.25) is 0 Å². The van der Waals surface area contributed by atoms with Gasteiger partial charge in [-0.15, -0.1) is 0 Å². The summed E-state index contributed by atoms with van der Waals surface area (Å²) in [6, 6.07) is 11.2. The van der Waals surface area contributed by atoms with E-state index in [1.54, 1.807) is 13.0 Å². The minimum absolute atomic E-state index is 0.125. The molecule has 0 radical (unpaired) electrons. The van der Waals surface area contributed by atoms with Crippen LogP contribution in [0, 0.1) is 13.8 Å². The molecule has 5 nitrogen and oxygen atoms in total. The maximum atomic E-state index is 12.1. The number of carbonyl (C=O) groups is 1. The van der Waals surface area contributed by atoms with E-state index in [-0.39, 0.29) is 18.3 Å². The van der Waals surface area contributed by atoms with Crippen molar-refractivity contribution in [3.05, 3.63) is 58.7 Å². The maximum absolute atomic E-state index is 12.1. The maximum Gasteiger partial charge on any atom is 0.277 e. The topological polar surface area (TPSA) is 70.9 Å². The molecular weight excluding hydrogens is 328 g/mol. The lowest BCUT2D eigenvalue weighted by molar-refractivity contribution is -0.123. The average Bonchev–Trinajstić information content (AvgIpc) is 2.59. The first-order chi connectivity index (χ1) is 12.3. The molecule has 1 amide bonds. The number of carbonyl (C=O) groups excluding carboxylic acids is 1. The quantitative estimate of drug-likeness (QED) is 0.607. The second-order valence-electron chi connectivity index (χ2n) is 6.74. The second kappa shape index (κ2) is 8.52. The number of nitrogens with one attached hydrogen (secondary N) is 1. The van der Waals surface area contributed by atoms with Crippen molar-refractivity contribution in [1.29, 1.82) is 0 Å². The molecule has 0 bridgehead atoms. The Morgan fingerprint density at radius 1 is 1.15 bits per heavy atom. The van der Waals surface area contributed by atoms with Gasteiger partial charge in [0, 0.05) is 5.56 Å². The zero-order valence-electron chi connectivity index (χ0n) is 16.0. The molecule has 5 heteroatoms. The lowest BCUT2D eigenvalue weighted by atomic mass is 10.0. The van der Waals surface area contributed by atoms with E-state index in [0.29, 0.717) is 22.9 Å². The molecule has 0 aliphatic rings. The molecule has 0 saturated heterocycles. The number of phenolic OH excluding ortho intramolecular Hbond substituents is 1. The van der Waals surface area contributed by atoms with Gasteiger partial charge in [-0.2, -0.15) is 5.10 Å². The van der Waals surface area contributed by atoms with Crippen molar-refractivity contribution < 1.29 is 14.6 Å². The molecule has 0 saturated carbocycles. The second-order valence-corrected chi connectivity index (χ2v) is 6.74. The third-order valence-electron chi connectivity index (χ3n) is 4.04. The number of nitrogens with zero attached hydrogens (tertiary/aromatic N) is 1. The number of hydrogen-bond acceptors (Lipinski definition) is 4. The van der Waals surface area contributed by atoms with Gasteiger partial charge in [0.1, 0.15) is 11.5 Å². The SMILES string of the molecule is C/C(=N\NC(=O)COc1cc(C)ccc1C(C)C)c1cc(C)ccc1O. The molecule has 0 aliphatic carbocycles. The minimum atomic E-state index is -0.354. The standard InChI is InChI=1S/C21H26N2O3/c1-13(2)17-8-6-15(4)11-20(17)26-12-21(25)23-22-16(5)18-10-14(3)7-9-19(18)24/h6-11,13,24H,12H2,1-5H3,(H,23,25)/b22-16+. The normalized spacial score (nSPS) is 11.5. The lowest BCUT2D eigenvalue weighted by Gasteiger charge is -2.14. The van der Waals surface area contributed by atoms with Crippen molar-refractivity contribution >= 4 is 11.6 Å². The molecule has 0 atom stereocenters. The van der Waals surface area contributed by atoms with Gasteiger partial charge in [-0.25, -0.2) is 5.43 Å². The van der Waals surface area contributed by atoms with Crippen LogP contribution in [-0.2, 0) is 4.79 Å². The number of rotatable bonds is 6. The van der Waals surface area contributed by atoms with Crippen LogP contribution in [0.1, 0.15) is 48.9 Å². The van der Waals surface area contributed by atoms with Crippen LogP contribution >= 0.6 is 0 Å². The van der Waals surface area contributed by atoms with E-state index in [9.17, 15) is 9.90 Å². The fraction of sp³-hybridized carbons (Fsp3) is 0.333. The van der Waals surface area contributed by atoms with Gasteiger partial charge in [-0.1, -0.05) is 37.6 Å². The molecule has 0 heterocycles.